The molecule has 1 aliphatic heterocycles. The smallest absolute Gasteiger partial charge is 0.195 e. The van der Waals surface area contributed by atoms with Crippen LogP contribution >= 0.6 is 11.3 Å². The number of rotatable bonds is 5. The number of imidazole rings is 1. The van der Waals surface area contributed by atoms with Crippen molar-refractivity contribution in [2.24, 2.45) is 0 Å². The standard InChI is InChI=1S/C48H40N2OSSi2/c1-48(2,3)37-31-34(29-30-35(37)36-21-15-23-39-45(36)49-47-50(39)38-22-11-13-25-41(38)52-47)54(32-17-7-5-8-18-32,33-19-9-6-10-20-33)44-28-16-27-43-46(44)51-40-24-12-14-26-42(40)53(43)4/h5-31,53H,1-4H3/i4D3,53D. The van der Waals surface area contributed by atoms with Crippen molar-refractivity contribution in [1.82, 2.24) is 9.38 Å². The molecule has 7 aromatic carbocycles. The van der Waals surface area contributed by atoms with E-state index in [0.717, 1.165) is 53.4 Å². The molecule has 0 aliphatic carbocycles. The van der Waals surface area contributed by atoms with E-state index in [2.05, 4.69) is 140 Å². The lowest BCUT2D eigenvalue weighted by atomic mass is 9.81. The molecule has 3 heterocycles. The van der Waals surface area contributed by atoms with Crippen molar-refractivity contribution in [3.05, 3.63) is 169 Å². The number of nitrogens with zero attached hydrogens (tertiary/aromatic N) is 2. The number of thiazole rings is 1. The average Bonchev–Trinajstić information content (AvgIpc) is 3.78. The Morgan fingerprint density at radius 2 is 1.33 bits per heavy atom. The van der Waals surface area contributed by atoms with Crippen LogP contribution in [0.3, 0.4) is 0 Å². The number of benzene rings is 7. The molecule has 3 nitrogen and oxygen atoms in total. The van der Waals surface area contributed by atoms with E-state index >= 15 is 0 Å². The molecule has 1 unspecified atom stereocenters. The van der Waals surface area contributed by atoms with Crippen molar-refractivity contribution < 1.29 is 8.85 Å². The molecule has 0 N–H and O–H groups in total. The van der Waals surface area contributed by atoms with Gasteiger partial charge in [-0.3, -0.25) is 4.40 Å². The molecule has 0 saturated heterocycles. The first-order valence-electron chi connectivity index (χ1n) is 20.4. The van der Waals surface area contributed by atoms with Gasteiger partial charge in [0.1, 0.15) is 20.2 Å². The zero-order valence-electron chi connectivity index (χ0n) is 34.3. The molecule has 6 heteroatoms. The van der Waals surface area contributed by atoms with E-state index in [1.165, 1.54) is 10.3 Å². The zero-order chi connectivity index (χ0) is 40.0. The molecule has 54 heavy (non-hydrogen) atoms. The van der Waals surface area contributed by atoms with Crippen molar-refractivity contribution in [2.75, 3.05) is 0 Å². The Kier molecular flexibility index (Phi) is 6.70. The molecule has 9 aromatic rings. The van der Waals surface area contributed by atoms with Gasteiger partial charge in [0, 0.05) is 10.9 Å². The fourth-order valence-electron chi connectivity index (χ4n) is 8.56. The van der Waals surface area contributed by atoms with Crippen LogP contribution in [0.2, 0.25) is 6.48 Å². The van der Waals surface area contributed by atoms with Gasteiger partial charge in [0.2, 0.25) is 0 Å². The van der Waals surface area contributed by atoms with Crippen LogP contribution in [0.15, 0.2) is 164 Å². The number of ether oxygens (including phenoxy) is 1. The molecule has 0 spiro atoms. The van der Waals surface area contributed by atoms with Crippen LogP contribution < -0.4 is 35.9 Å². The minimum atomic E-state index is -4.10. The van der Waals surface area contributed by atoms with Gasteiger partial charge in [-0.15, -0.1) is 0 Å². The van der Waals surface area contributed by atoms with Crippen LogP contribution in [0.5, 0.6) is 11.5 Å². The molecular formula is C48H40N2OSSi2. The van der Waals surface area contributed by atoms with Gasteiger partial charge in [0.25, 0.3) is 0 Å². The summed E-state index contributed by atoms with van der Waals surface area (Å²) in [6.07, 6.45) is 0. The van der Waals surface area contributed by atoms with Crippen molar-refractivity contribution in [3.8, 4) is 22.6 Å². The van der Waals surface area contributed by atoms with E-state index in [4.69, 9.17) is 13.8 Å². The molecule has 0 radical (unpaired) electrons. The highest BCUT2D eigenvalue weighted by Crippen LogP contribution is 2.39. The number of hydrogen-bond donors (Lipinski definition) is 0. The average molecular weight is 753 g/mol. The second kappa shape index (κ2) is 12.5. The van der Waals surface area contributed by atoms with E-state index in [1.54, 1.807) is 17.4 Å². The highest BCUT2D eigenvalue weighted by molar-refractivity contribution is 7.23. The van der Waals surface area contributed by atoms with Gasteiger partial charge in [0.15, 0.2) is 13.0 Å². The molecule has 2 aromatic heterocycles. The monoisotopic (exact) mass is 752 g/mol. The summed E-state index contributed by atoms with van der Waals surface area (Å²) in [6, 6.07) is 56.4. The van der Waals surface area contributed by atoms with Gasteiger partial charge < -0.3 is 4.74 Å². The first-order valence-corrected chi connectivity index (χ1v) is 22.7. The van der Waals surface area contributed by atoms with Crippen LogP contribution in [0.1, 0.15) is 30.4 Å². The van der Waals surface area contributed by atoms with Gasteiger partial charge in [-0.25, -0.2) is 4.98 Å². The maximum atomic E-state index is 10.0. The van der Waals surface area contributed by atoms with Gasteiger partial charge in [-0.1, -0.05) is 178 Å². The van der Waals surface area contributed by atoms with Crippen LogP contribution in [0.25, 0.3) is 37.3 Å². The summed E-state index contributed by atoms with van der Waals surface area (Å²) in [7, 11) is -7.44. The van der Waals surface area contributed by atoms with E-state index in [0.29, 0.717) is 21.9 Å². The minimum absolute atomic E-state index is 0.277. The van der Waals surface area contributed by atoms with Gasteiger partial charge >= 0.3 is 0 Å². The lowest BCUT2D eigenvalue weighted by Gasteiger charge is -2.38. The predicted octanol–water partition coefficient (Wildman–Crippen LogP) is 8.12. The molecule has 0 amide bonds. The molecule has 10 rings (SSSR count). The molecule has 0 bridgehead atoms. The summed E-state index contributed by atoms with van der Waals surface area (Å²) < 4.78 is 47.1. The lowest BCUT2D eigenvalue weighted by molar-refractivity contribution is 0.491. The van der Waals surface area contributed by atoms with Crippen molar-refractivity contribution in [3.63, 3.8) is 0 Å². The van der Waals surface area contributed by atoms with Crippen molar-refractivity contribution >= 4 is 85.5 Å². The highest BCUT2D eigenvalue weighted by atomic mass is 32.1. The molecule has 0 fully saturated rings. The molecule has 1 aliphatic rings. The molecule has 262 valence electrons. The summed E-state index contributed by atoms with van der Waals surface area (Å²) >= 11 is 1.71. The maximum absolute atomic E-state index is 10.0. The lowest BCUT2D eigenvalue weighted by Crippen LogP contribution is -2.75. The first kappa shape index (κ1) is 28.9. The van der Waals surface area contributed by atoms with Gasteiger partial charge in [-0.05, 0) is 71.9 Å². The third-order valence-corrected chi connectivity index (χ3v) is 18.7. The van der Waals surface area contributed by atoms with Gasteiger partial charge in [0.05, 0.1) is 21.3 Å². The van der Waals surface area contributed by atoms with Crippen LogP contribution in [-0.2, 0) is 5.41 Å². The largest absolute Gasteiger partial charge is 0.458 e. The quantitative estimate of drug-likeness (QED) is 0.131. The maximum Gasteiger partial charge on any atom is 0.195 e. The number of aromatic nitrogens is 2. The third kappa shape index (κ3) is 4.94. The first-order chi connectivity index (χ1) is 27.9. The summed E-state index contributed by atoms with van der Waals surface area (Å²) in [5.74, 6) is 0.964. The van der Waals surface area contributed by atoms with E-state index < -0.39 is 23.3 Å². The predicted molar refractivity (Wildman–Crippen MR) is 235 cm³/mol. The third-order valence-electron chi connectivity index (χ3n) is 11.0. The highest BCUT2D eigenvalue weighted by Gasteiger charge is 2.46. The Morgan fingerprint density at radius 3 is 2.09 bits per heavy atom. The number of hydrogen-bond acceptors (Lipinski definition) is 3. The molecular weight excluding hydrogens is 709 g/mol. The fraction of sp³-hybridized carbons (Fsp3) is 0.104. The fourth-order valence-corrected chi connectivity index (χ4v) is 16.2. The van der Waals surface area contributed by atoms with E-state index in [1.807, 2.05) is 42.5 Å². The van der Waals surface area contributed by atoms with Crippen molar-refractivity contribution in [2.45, 2.75) is 32.7 Å². The molecule has 0 saturated carbocycles. The Labute approximate surface area is 328 Å². The van der Waals surface area contributed by atoms with Gasteiger partial charge in [-0.2, -0.15) is 0 Å². The SMILES string of the molecule is [2H]C([2H])([2H])[Si]1([2H])c2ccccc2Oc2c([Si](c3ccccc3)(c3ccccc3)c3ccc(-c4cccc5c4nc4sc6ccccc6n45)c(C(C)(C)C)c3)cccc21. The second-order valence-electron chi connectivity index (χ2n) is 15.1. The van der Waals surface area contributed by atoms with Crippen LogP contribution in [0.4, 0.5) is 0 Å². The Morgan fingerprint density at radius 1 is 0.667 bits per heavy atom. The van der Waals surface area contributed by atoms with Crippen LogP contribution in [0, 0.1) is 0 Å². The Balaban J connectivity index is 1.29. The topological polar surface area (TPSA) is 26.5 Å². The van der Waals surface area contributed by atoms with Crippen molar-refractivity contribution in [1.29, 1.82) is 1.23 Å². The summed E-state index contributed by atoms with van der Waals surface area (Å²) in [5.41, 5.74) is 6.33. The van der Waals surface area contributed by atoms with Crippen LogP contribution in [-0.4, -0.2) is 27.4 Å². The molecule has 1 atom stereocenters. The number of para-hydroxylation sites is 4. The Bertz CT molecular complexity index is 3010. The Hall–Kier alpha value is -5.54. The summed E-state index contributed by atoms with van der Waals surface area (Å²) in [5, 5.41) is 5.31. The second-order valence-corrected chi connectivity index (χ2v) is 21.7. The summed E-state index contributed by atoms with van der Waals surface area (Å²) in [4.78, 5) is 6.25. The number of fused-ring (bicyclic) bond motifs is 7. The normalized spacial score (nSPS) is 16.9. The van der Waals surface area contributed by atoms with E-state index in [9.17, 15) is 1.23 Å². The summed E-state index contributed by atoms with van der Waals surface area (Å²) in [6.45, 7) is 4.26. The van der Waals surface area contributed by atoms with E-state index in [-0.39, 0.29) is 5.41 Å². The minimum Gasteiger partial charge on any atom is -0.458 e. The zero-order valence-corrected chi connectivity index (χ0v) is 33.1.